The lowest BCUT2D eigenvalue weighted by molar-refractivity contribution is -0.384. The molecule has 1 amide bonds. The molecule has 0 bridgehead atoms. The number of nitro groups is 1. The molecule has 0 saturated heterocycles. The van der Waals surface area contributed by atoms with E-state index < -0.39 is 4.92 Å². The summed E-state index contributed by atoms with van der Waals surface area (Å²) in [4.78, 5) is 22.5. The third-order valence-electron chi connectivity index (χ3n) is 2.53. The molecule has 0 aliphatic heterocycles. The maximum Gasteiger partial charge on any atom is 0.270 e. The quantitative estimate of drug-likeness (QED) is 0.398. The van der Waals surface area contributed by atoms with Crippen LogP contribution < -0.4 is 5.32 Å². The Morgan fingerprint density at radius 1 is 1.10 bits per heavy atom. The molecule has 0 saturated carbocycles. The number of carbonyl (C=O) groups excluding carboxylic acids is 1. The summed E-state index contributed by atoms with van der Waals surface area (Å²) < 4.78 is 1.57. The standard InChI is InChI=1S/C13H8I2N2O3/c14-10-6-5-8(17(19)20)7-9(10)13(18)16-12-4-2-1-3-11(12)15/h1-7H,(H,16,18). The number of rotatable bonds is 3. The second kappa shape index (κ2) is 6.48. The van der Waals surface area contributed by atoms with E-state index in [1.54, 1.807) is 12.1 Å². The van der Waals surface area contributed by atoms with Crippen LogP contribution in [0.4, 0.5) is 11.4 Å². The number of nitrogens with one attached hydrogen (secondary N) is 1. The number of amides is 1. The van der Waals surface area contributed by atoms with Crippen molar-refractivity contribution in [2.45, 2.75) is 0 Å². The number of para-hydroxylation sites is 1. The van der Waals surface area contributed by atoms with E-state index in [0.717, 1.165) is 3.57 Å². The first kappa shape index (κ1) is 15.2. The predicted octanol–water partition coefficient (Wildman–Crippen LogP) is 4.06. The van der Waals surface area contributed by atoms with Crippen LogP contribution in [-0.2, 0) is 0 Å². The van der Waals surface area contributed by atoms with Crippen molar-refractivity contribution in [1.29, 1.82) is 0 Å². The normalized spacial score (nSPS) is 10.1. The van der Waals surface area contributed by atoms with Gasteiger partial charge >= 0.3 is 0 Å². The number of nitro benzene ring substituents is 1. The first-order chi connectivity index (χ1) is 9.49. The number of non-ortho nitro benzene ring substituents is 1. The van der Waals surface area contributed by atoms with Gasteiger partial charge in [0.1, 0.15) is 0 Å². The minimum Gasteiger partial charge on any atom is -0.321 e. The average molecular weight is 494 g/mol. The van der Waals surface area contributed by atoms with E-state index in [1.807, 2.05) is 40.8 Å². The van der Waals surface area contributed by atoms with Crippen molar-refractivity contribution >= 4 is 62.5 Å². The van der Waals surface area contributed by atoms with Gasteiger partial charge in [-0.3, -0.25) is 14.9 Å². The molecule has 0 aliphatic rings. The van der Waals surface area contributed by atoms with Gasteiger partial charge in [0.2, 0.25) is 0 Å². The second-order valence-electron chi connectivity index (χ2n) is 3.86. The molecule has 0 heterocycles. The first-order valence-electron chi connectivity index (χ1n) is 5.49. The highest BCUT2D eigenvalue weighted by Crippen LogP contribution is 2.22. The Morgan fingerprint density at radius 3 is 2.45 bits per heavy atom. The largest absolute Gasteiger partial charge is 0.321 e. The highest BCUT2D eigenvalue weighted by atomic mass is 127. The Kier molecular flexibility index (Phi) is 4.91. The van der Waals surface area contributed by atoms with Gasteiger partial charge in [0, 0.05) is 19.3 Å². The molecule has 0 atom stereocenters. The van der Waals surface area contributed by atoms with Gasteiger partial charge in [-0.15, -0.1) is 0 Å². The Labute approximate surface area is 142 Å². The van der Waals surface area contributed by atoms with Gasteiger partial charge in [-0.25, -0.2) is 0 Å². The smallest absolute Gasteiger partial charge is 0.270 e. The highest BCUT2D eigenvalue weighted by Gasteiger charge is 2.16. The monoisotopic (exact) mass is 494 g/mol. The van der Waals surface area contributed by atoms with Crippen LogP contribution in [0.25, 0.3) is 0 Å². The Morgan fingerprint density at radius 2 is 1.80 bits per heavy atom. The van der Waals surface area contributed by atoms with Crippen LogP contribution in [0.15, 0.2) is 42.5 Å². The summed E-state index contributed by atoms with van der Waals surface area (Å²) in [6.45, 7) is 0. The summed E-state index contributed by atoms with van der Waals surface area (Å²) in [6, 6.07) is 11.6. The number of hydrogen-bond donors (Lipinski definition) is 1. The Balaban J connectivity index is 2.32. The zero-order valence-corrected chi connectivity index (χ0v) is 14.3. The molecule has 2 aromatic carbocycles. The van der Waals surface area contributed by atoms with Crippen molar-refractivity contribution in [3.63, 3.8) is 0 Å². The van der Waals surface area contributed by atoms with Gasteiger partial charge in [0.15, 0.2) is 0 Å². The van der Waals surface area contributed by atoms with Crippen molar-refractivity contribution in [2.75, 3.05) is 5.32 Å². The molecule has 1 N–H and O–H groups in total. The topological polar surface area (TPSA) is 72.2 Å². The molecular weight excluding hydrogens is 486 g/mol. The molecule has 7 heteroatoms. The van der Waals surface area contributed by atoms with E-state index in [4.69, 9.17) is 0 Å². The van der Waals surface area contributed by atoms with Crippen molar-refractivity contribution in [1.82, 2.24) is 0 Å². The first-order valence-corrected chi connectivity index (χ1v) is 7.64. The van der Waals surface area contributed by atoms with Crippen LogP contribution in [0, 0.1) is 17.3 Å². The zero-order valence-electron chi connectivity index (χ0n) is 9.97. The van der Waals surface area contributed by atoms with Gasteiger partial charge in [-0.05, 0) is 63.4 Å². The van der Waals surface area contributed by atoms with Gasteiger partial charge < -0.3 is 5.32 Å². The van der Waals surface area contributed by atoms with Gasteiger partial charge in [-0.1, -0.05) is 12.1 Å². The maximum atomic E-state index is 12.2. The molecule has 0 aliphatic carbocycles. The molecule has 0 radical (unpaired) electrons. The third-order valence-corrected chi connectivity index (χ3v) is 4.41. The lowest BCUT2D eigenvalue weighted by Gasteiger charge is -2.08. The van der Waals surface area contributed by atoms with Crippen LogP contribution in [0.3, 0.4) is 0 Å². The van der Waals surface area contributed by atoms with E-state index in [1.165, 1.54) is 12.1 Å². The van der Waals surface area contributed by atoms with E-state index >= 15 is 0 Å². The number of nitrogens with zero attached hydrogens (tertiary/aromatic N) is 1. The fourth-order valence-corrected chi connectivity index (χ4v) is 2.66. The van der Waals surface area contributed by atoms with E-state index in [0.29, 0.717) is 14.8 Å². The van der Waals surface area contributed by atoms with Crippen molar-refractivity contribution in [3.05, 3.63) is 65.3 Å². The predicted molar refractivity (Wildman–Crippen MR) is 92.9 cm³/mol. The number of benzene rings is 2. The highest BCUT2D eigenvalue weighted by molar-refractivity contribution is 14.1. The summed E-state index contributed by atoms with van der Waals surface area (Å²) in [5, 5.41) is 13.5. The molecule has 0 unspecified atom stereocenters. The van der Waals surface area contributed by atoms with Crippen molar-refractivity contribution < 1.29 is 9.72 Å². The van der Waals surface area contributed by atoms with Crippen molar-refractivity contribution in [2.24, 2.45) is 0 Å². The molecule has 102 valence electrons. The summed E-state index contributed by atoms with van der Waals surface area (Å²) in [6.07, 6.45) is 0. The number of hydrogen-bond acceptors (Lipinski definition) is 3. The van der Waals surface area contributed by atoms with Crippen molar-refractivity contribution in [3.8, 4) is 0 Å². The molecule has 0 fully saturated rings. The summed E-state index contributed by atoms with van der Waals surface area (Å²) >= 11 is 4.10. The molecule has 0 aromatic heterocycles. The summed E-state index contributed by atoms with van der Waals surface area (Å²) in [7, 11) is 0. The molecule has 20 heavy (non-hydrogen) atoms. The molecule has 0 spiro atoms. The summed E-state index contributed by atoms with van der Waals surface area (Å²) in [5.74, 6) is -0.359. The van der Waals surface area contributed by atoms with E-state index in [-0.39, 0.29) is 11.6 Å². The Hall–Kier alpha value is -1.23. The fraction of sp³-hybridized carbons (Fsp3) is 0. The van der Waals surface area contributed by atoms with Crippen LogP contribution in [-0.4, -0.2) is 10.8 Å². The number of anilines is 1. The SMILES string of the molecule is O=C(Nc1ccccc1I)c1cc([N+](=O)[O-])ccc1I. The average Bonchev–Trinajstić information content (AvgIpc) is 2.41. The number of halogens is 2. The van der Waals surface area contributed by atoms with E-state index in [2.05, 4.69) is 27.9 Å². The van der Waals surface area contributed by atoms with Gasteiger partial charge in [0.25, 0.3) is 11.6 Å². The molecule has 2 aromatic rings. The van der Waals surface area contributed by atoms with Crippen LogP contribution in [0.2, 0.25) is 0 Å². The lowest BCUT2D eigenvalue weighted by atomic mass is 10.2. The second-order valence-corrected chi connectivity index (χ2v) is 6.18. The van der Waals surface area contributed by atoms with Crippen LogP contribution in [0.1, 0.15) is 10.4 Å². The lowest BCUT2D eigenvalue weighted by Crippen LogP contribution is -2.14. The van der Waals surface area contributed by atoms with Gasteiger partial charge in [-0.2, -0.15) is 0 Å². The molecule has 5 nitrogen and oxygen atoms in total. The molecular formula is C13H8I2N2O3. The minimum atomic E-state index is -0.515. The third kappa shape index (κ3) is 3.45. The van der Waals surface area contributed by atoms with E-state index in [9.17, 15) is 14.9 Å². The van der Waals surface area contributed by atoms with Crippen LogP contribution in [0.5, 0.6) is 0 Å². The van der Waals surface area contributed by atoms with Gasteiger partial charge in [0.05, 0.1) is 16.2 Å². The van der Waals surface area contributed by atoms with Crippen LogP contribution >= 0.6 is 45.2 Å². The molecule has 2 rings (SSSR count). The zero-order chi connectivity index (χ0) is 14.7. The Bertz CT molecular complexity index is 689. The maximum absolute atomic E-state index is 12.2. The number of carbonyl (C=O) groups is 1. The minimum absolute atomic E-state index is 0.0988. The fourth-order valence-electron chi connectivity index (χ4n) is 1.55. The summed E-state index contributed by atoms with van der Waals surface area (Å²) in [5.41, 5.74) is 0.873.